The van der Waals surface area contributed by atoms with Gasteiger partial charge in [0.25, 0.3) is 0 Å². The van der Waals surface area contributed by atoms with E-state index in [0.29, 0.717) is 17.6 Å². The summed E-state index contributed by atoms with van der Waals surface area (Å²) in [6.45, 7) is 8.48. The van der Waals surface area contributed by atoms with E-state index in [1.807, 2.05) is 11.0 Å². The minimum atomic E-state index is -0.964. The number of carboxylic acid groups (broad SMARTS) is 1. The van der Waals surface area contributed by atoms with E-state index in [9.17, 15) is 14.7 Å². The van der Waals surface area contributed by atoms with Crippen molar-refractivity contribution in [1.82, 2.24) is 9.97 Å². The summed E-state index contributed by atoms with van der Waals surface area (Å²) in [7, 11) is 0. The second kappa shape index (κ2) is 10.6. The molecular formula is C27H37N3O4S. The third kappa shape index (κ3) is 6.02. The summed E-state index contributed by atoms with van der Waals surface area (Å²) in [5.41, 5.74) is 0.385. The molecule has 2 aromatic heterocycles. The number of thiophene rings is 1. The molecule has 0 radical (unpaired) electrons. The van der Waals surface area contributed by atoms with Gasteiger partial charge < -0.3 is 14.7 Å². The number of carbonyl (C=O) groups excluding carboxylic acids is 1. The van der Waals surface area contributed by atoms with Crippen LogP contribution in [0.4, 0.5) is 5.69 Å². The van der Waals surface area contributed by atoms with Crippen LogP contribution in [0.1, 0.15) is 93.6 Å². The monoisotopic (exact) mass is 499 g/mol. The Kier molecular flexibility index (Phi) is 7.79. The summed E-state index contributed by atoms with van der Waals surface area (Å²) in [5, 5.41) is 10.1. The molecule has 0 unspecified atom stereocenters. The smallest absolute Gasteiger partial charge is 0.348 e. The standard InChI is InChI=1S/C27H37N3O4S/c1-17-6-8-18(9-7-17)24(31)30(21-16-22(27(2,3)4)35-23(21)25(32)33)19-10-12-20(13-11-19)34-26-28-14-5-15-29-26/h5,14-20H,6-13H2,1-4H3,(H,32,33)/t17-,18-,19-,20-. The third-order valence-corrected chi connectivity index (χ3v) is 8.87. The molecule has 0 bridgehead atoms. The summed E-state index contributed by atoms with van der Waals surface area (Å²) in [6, 6.07) is 4.05. The number of hydrogen-bond donors (Lipinski definition) is 1. The van der Waals surface area contributed by atoms with Crippen LogP contribution in [0.25, 0.3) is 0 Å². The highest BCUT2D eigenvalue weighted by molar-refractivity contribution is 7.14. The minimum Gasteiger partial charge on any atom is -0.477 e. The number of amides is 1. The predicted molar refractivity (Wildman–Crippen MR) is 137 cm³/mol. The highest BCUT2D eigenvalue weighted by Gasteiger charge is 2.38. The van der Waals surface area contributed by atoms with Crippen LogP contribution in [0.2, 0.25) is 0 Å². The molecule has 4 rings (SSSR count). The van der Waals surface area contributed by atoms with Crippen LogP contribution in [-0.4, -0.2) is 39.1 Å². The lowest BCUT2D eigenvalue weighted by molar-refractivity contribution is -0.124. The maximum Gasteiger partial charge on any atom is 0.348 e. The fraction of sp³-hybridized carbons (Fsp3) is 0.630. The Morgan fingerprint density at radius 2 is 1.66 bits per heavy atom. The average Bonchev–Trinajstić information content (AvgIpc) is 3.27. The normalized spacial score (nSPS) is 25.1. The van der Waals surface area contributed by atoms with Crippen molar-refractivity contribution < 1.29 is 19.4 Å². The fourth-order valence-corrected chi connectivity index (χ4v) is 6.24. The number of aromatic nitrogens is 2. The molecule has 1 amide bonds. The van der Waals surface area contributed by atoms with Gasteiger partial charge in [-0.2, -0.15) is 0 Å². The van der Waals surface area contributed by atoms with Gasteiger partial charge in [-0.15, -0.1) is 11.3 Å². The molecule has 1 N–H and O–H groups in total. The number of hydrogen-bond acceptors (Lipinski definition) is 6. The summed E-state index contributed by atoms with van der Waals surface area (Å²) < 4.78 is 5.97. The topological polar surface area (TPSA) is 92.6 Å². The van der Waals surface area contributed by atoms with E-state index in [4.69, 9.17) is 4.74 Å². The maximum atomic E-state index is 14.0. The molecule has 190 valence electrons. The van der Waals surface area contributed by atoms with E-state index in [1.165, 1.54) is 11.3 Å². The number of aromatic carboxylic acids is 1. The van der Waals surface area contributed by atoms with Crippen molar-refractivity contribution in [2.75, 3.05) is 4.90 Å². The van der Waals surface area contributed by atoms with Gasteiger partial charge in [-0.05, 0) is 74.8 Å². The Bertz CT molecular complexity index is 1020. The van der Waals surface area contributed by atoms with Crippen LogP contribution in [0.3, 0.4) is 0 Å². The first-order chi connectivity index (χ1) is 16.6. The highest BCUT2D eigenvalue weighted by Crippen LogP contribution is 2.42. The average molecular weight is 500 g/mol. The SMILES string of the molecule is CC(C)(C)c1cc(N(C(=O)[C@H]2CC[C@H](C)CC2)[C@H]2CC[C@H](Oc3ncccn3)CC2)c(C(=O)O)s1. The molecule has 0 aromatic carbocycles. The van der Waals surface area contributed by atoms with Crippen LogP contribution >= 0.6 is 11.3 Å². The zero-order chi connectivity index (χ0) is 25.2. The molecule has 0 spiro atoms. The van der Waals surface area contributed by atoms with Crippen molar-refractivity contribution in [3.05, 3.63) is 34.3 Å². The van der Waals surface area contributed by atoms with Crippen molar-refractivity contribution in [3.8, 4) is 6.01 Å². The lowest BCUT2D eigenvalue weighted by Crippen LogP contribution is -2.47. The van der Waals surface area contributed by atoms with Crippen molar-refractivity contribution in [2.45, 2.75) is 96.6 Å². The zero-order valence-corrected chi connectivity index (χ0v) is 22.0. The minimum absolute atomic E-state index is 0.00677. The number of rotatable bonds is 6. The summed E-state index contributed by atoms with van der Waals surface area (Å²) in [5.74, 6) is -0.275. The zero-order valence-electron chi connectivity index (χ0n) is 21.2. The van der Waals surface area contributed by atoms with Crippen molar-refractivity contribution in [2.24, 2.45) is 11.8 Å². The van der Waals surface area contributed by atoms with E-state index in [0.717, 1.165) is 56.2 Å². The van der Waals surface area contributed by atoms with Gasteiger partial charge in [-0.3, -0.25) is 4.79 Å². The van der Waals surface area contributed by atoms with Gasteiger partial charge in [-0.25, -0.2) is 14.8 Å². The molecule has 2 aliphatic carbocycles. The van der Waals surface area contributed by atoms with Crippen LogP contribution in [0, 0.1) is 11.8 Å². The highest BCUT2D eigenvalue weighted by atomic mass is 32.1. The molecule has 0 saturated heterocycles. The Morgan fingerprint density at radius 1 is 1.03 bits per heavy atom. The third-order valence-electron chi connectivity index (χ3n) is 7.33. The maximum absolute atomic E-state index is 14.0. The van der Waals surface area contributed by atoms with Crippen molar-refractivity contribution >= 4 is 28.9 Å². The van der Waals surface area contributed by atoms with Crippen LogP contribution < -0.4 is 9.64 Å². The number of carboxylic acids is 1. The molecule has 8 heteroatoms. The molecule has 7 nitrogen and oxygen atoms in total. The molecule has 0 atom stereocenters. The number of nitrogens with zero attached hydrogens (tertiary/aromatic N) is 3. The molecule has 2 fully saturated rings. The lowest BCUT2D eigenvalue weighted by Gasteiger charge is -2.39. The summed E-state index contributed by atoms with van der Waals surface area (Å²) in [6.07, 6.45) is 10.2. The predicted octanol–water partition coefficient (Wildman–Crippen LogP) is 6.08. The molecule has 0 aliphatic heterocycles. The Balaban J connectivity index is 1.60. The number of anilines is 1. The Hall–Kier alpha value is -2.48. The van der Waals surface area contributed by atoms with Gasteiger partial charge in [0.1, 0.15) is 11.0 Å². The van der Waals surface area contributed by atoms with Gasteiger partial charge in [0.05, 0.1) is 5.69 Å². The van der Waals surface area contributed by atoms with E-state index >= 15 is 0 Å². The van der Waals surface area contributed by atoms with E-state index < -0.39 is 5.97 Å². The van der Waals surface area contributed by atoms with Crippen LogP contribution in [0.15, 0.2) is 24.5 Å². The van der Waals surface area contributed by atoms with Crippen LogP contribution in [0.5, 0.6) is 6.01 Å². The van der Waals surface area contributed by atoms with Crippen molar-refractivity contribution in [1.29, 1.82) is 0 Å². The second-order valence-corrected chi connectivity index (χ2v) is 12.2. The van der Waals surface area contributed by atoms with E-state index in [2.05, 4.69) is 37.7 Å². The van der Waals surface area contributed by atoms with E-state index in [-0.39, 0.29) is 34.3 Å². The number of carbonyl (C=O) groups is 2. The fourth-order valence-electron chi connectivity index (χ4n) is 5.20. The quantitative estimate of drug-likeness (QED) is 0.517. The Labute approximate surface area is 211 Å². The number of ether oxygens (including phenoxy) is 1. The first-order valence-electron chi connectivity index (χ1n) is 12.8. The van der Waals surface area contributed by atoms with Crippen LogP contribution in [-0.2, 0) is 10.2 Å². The largest absolute Gasteiger partial charge is 0.477 e. The van der Waals surface area contributed by atoms with Crippen molar-refractivity contribution in [3.63, 3.8) is 0 Å². The van der Waals surface area contributed by atoms with Gasteiger partial charge in [-0.1, -0.05) is 27.7 Å². The first kappa shape index (κ1) is 25.6. The van der Waals surface area contributed by atoms with Gasteiger partial charge in [0, 0.05) is 29.2 Å². The summed E-state index contributed by atoms with van der Waals surface area (Å²) in [4.78, 5) is 37.7. The summed E-state index contributed by atoms with van der Waals surface area (Å²) >= 11 is 1.30. The lowest BCUT2D eigenvalue weighted by atomic mass is 9.81. The first-order valence-corrected chi connectivity index (χ1v) is 13.6. The molecule has 2 aliphatic rings. The molecule has 35 heavy (non-hydrogen) atoms. The Morgan fingerprint density at radius 3 is 2.23 bits per heavy atom. The molecule has 2 saturated carbocycles. The van der Waals surface area contributed by atoms with Gasteiger partial charge in [0.15, 0.2) is 0 Å². The van der Waals surface area contributed by atoms with Gasteiger partial charge in [0.2, 0.25) is 5.91 Å². The molecular weight excluding hydrogens is 462 g/mol. The molecule has 2 heterocycles. The second-order valence-electron chi connectivity index (χ2n) is 11.1. The van der Waals surface area contributed by atoms with Gasteiger partial charge >= 0.3 is 12.0 Å². The molecule has 2 aromatic rings. The van der Waals surface area contributed by atoms with E-state index in [1.54, 1.807) is 18.5 Å².